The van der Waals surface area contributed by atoms with E-state index in [4.69, 9.17) is 4.74 Å². The number of benzene rings is 1. The molecule has 0 aliphatic carbocycles. The SMILES string of the molecule is CC(C)(C)OC(=O)N[C@H]1CCN(C(Cc2ncn3c2CCc2ccccc2-3)C(=O)O)C1. The summed E-state index contributed by atoms with van der Waals surface area (Å²) in [4.78, 5) is 30.7. The fourth-order valence-electron chi connectivity index (χ4n) is 4.48. The number of carbonyl (C=O) groups excluding carboxylic acids is 1. The number of carbonyl (C=O) groups is 2. The lowest BCUT2D eigenvalue weighted by atomic mass is 9.99. The summed E-state index contributed by atoms with van der Waals surface area (Å²) in [7, 11) is 0. The molecule has 2 atom stereocenters. The lowest BCUT2D eigenvalue weighted by Crippen LogP contribution is -2.45. The van der Waals surface area contributed by atoms with Crippen LogP contribution in [0.2, 0.25) is 0 Å². The first-order chi connectivity index (χ1) is 14.7. The molecule has 0 saturated carbocycles. The van der Waals surface area contributed by atoms with Crippen molar-refractivity contribution in [1.82, 2.24) is 19.8 Å². The van der Waals surface area contributed by atoms with Crippen LogP contribution in [0.25, 0.3) is 5.69 Å². The maximum absolute atomic E-state index is 12.1. The summed E-state index contributed by atoms with van der Waals surface area (Å²) in [6.45, 7) is 6.54. The Morgan fingerprint density at radius 2 is 2.06 bits per heavy atom. The molecule has 1 unspecified atom stereocenters. The number of nitrogens with one attached hydrogen (secondary N) is 1. The van der Waals surface area contributed by atoms with E-state index in [1.807, 2.05) is 37.8 Å². The Morgan fingerprint density at radius 1 is 1.29 bits per heavy atom. The number of alkyl carbamates (subject to hydrolysis) is 1. The minimum atomic E-state index is -0.865. The minimum Gasteiger partial charge on any atom is -0.480 e. The molecule has 2 aliphatic rings. The van der Waals surface area contributed by atoms with Gasteiger partial charge in [-0.25, -0.2) is 9.78 Å². The number of aromatic nitrogens is 2. The number of fused-ring (bicyclic) bond motifs is 3. The van der Waals surface area contributed by atoms with Crippen LogP contribution in [0, 0.1) is 0 Å². The molecule has 4 rings (SSSR count). The molecule has 0 radical (unpaired) electrons. The van der Waals surface area contributed by atoms with Gasteiger partial charge in [-0.3, -0.25) is 9.69 Å². The van der Waals surface area contributed by atoms with Crippen LogP contribution in [0.4, 0.5) is 4.79 Å². The van der Waals surface area contributed by atoms with Gasteiger partial charge in [0.05, 0.1) is 12.0 Å². The van der Waals surface area contributed by atoms with Crippen molar-refractivity contribution in [2.75, 3.05) is 13.1 Å². The van der Waals surface area contributed by atoms with E-state index in [1.54, 1.807) is 6.33 Å². The standard InChI is InChI=1S/C23H30N4O4/c1-23(2,3)31-22(30)25-16-10-11-26(13-16)20(21(28)29)12-17-19-9-8-15-6-4-5-7-18(15)27(19)14-24-17/h4-7,14,16,20H,8-13H2,1-3H3,(H,25,30)(H,28,29)/t16-,20?/m0/s1. The summed E-state index contributed by atoms with van der Waals surface area (Å²) < 4.78 is 7.41. The summed E-state index contributed by atoms with van der Waals surface area (Å²) in [5.74, 6) is -0.865. The zero-order chi connectivity index (χ0) is 22.2. The molecule has 3 heterocycles. The Labute approximate surface area is 182 Å². The van der Waals surface area contributed by atoms with Crippen molar-refractivity contribution in [3.05, 3.63) is 47.5 Å². The number of ether oxygens (including phenoxy) is 1. The molecule has 1 aromatic carbocycles. The van der Waals surface area contributed by atoms with Crippen LogP contribution in [0.15, 0.2) is 30.6 Å². The van der Waals surface area contributed by atoms with Gasteiger partial charge in [-0.2, -0.15) is 0 Å². The first-order valence-corrected chi connectivity index (χ1v) is 10.8. The maximum atomic E-state index is 12.1. The highest BCUT2D eigenvalue weighted by Crippen LogP contribution is 2.27. The molecule has 0 spiro atoms. The fraction of sp³-hybridized carbons (Fsp3) is 0.522. The van der Waals surface area contributed by atoms with Crippen LogP contribution < -0.4 is 5.32 Å². The lowest BCUT2D eigenvalue weighted by molar-refractivity contribution is -0.142. The number of rotatable bonds is 5. The highest BCUT2D eigenvalue weighted by molar-refractivity contribution is 5.74. The van der Waals surface area contributed by atoms with Gasteiger partial charge in [0.2, 0.25) is 0 Å². The molecule has 1 amide bonds. The average Bonchev–Trinajstić information content (AvgIpc) is 3.31. The topological polar surface area (TPSA) is 96.7 Å². The number of carboxylic acids is 1. The first-order valence-electron chi connectivity index (χ1n) is 10.8. The molecule has 8 heteroatoms. The number of amides is 1. The van der Waals surface area contributed by atoms with Crippen molar-refractivity contribution in [3.63, 3.8) is 0 Å². The van der Waals surface area contributed by atoms with Crippen molar-refractivity contribution >= 4 is 12.1 Å². The van der Waals surface area contributed by atoms with Crippen LogP contribution in [-0.2, 0) is 28.8 Å². The Hall–Kier alpha value is -2.87. The zero-order valence-corrected chi connectivity index (χ0v) is 18.3. The molecular formula is C23H30N4O4. The van der Waals surface area contributed by atoms with Gasteiger partial charge in [0, 0.05) is 36.9 Å². The van der Waals surface area contributed by atoms with Crippen LogP contribution in [0.5, 0.6) is 0 Å². The third kappa shape index (κ3) is 4.74. The number of aryl methyl sites for hydroxylation is 1. The van der Waals surface area contributed by atoms with Gasteiger partial charge in [0.25, 0.3) is 0 Å². The van der Waals surface area contributed by atoms with Gasteiger partial charge >= 0.3 is 12.1 Å². The summed E-state index contributed by atoms with van der Waals surface area (Å²) >= 11 is 0. The maximum Gasteiger partial charge on any atom is 0.407 e. The van der Waals surface area contributed by atoms with Crippen LogP contribution in [0.1, 0.15) is 44.1 Å². The van der Waals surface area contributed by atoms with Crippen molar-refractivity contribution in [2.24, 2.45) is 0 Å². The van der Waals surface area contributed by atoms with Crippen LogP contribution in [-0.4, -0.2) is 62.4 Å². The molecule has 166 valence electrons. The summed E-state index contributed by atoms with van der Waals surface area (Å²) in [5, 5.41) is 12.8. The second-order valence-electron chi connectivity index (χ2n) is 9.32. The molecule has 0 bridgehead atoms. The Morgan fingerprint density at radius 3 is 2.81 bits per heavy atom. The Bertz CT molecular complexity index is 978. The largest absolute Gasteiger partial charge is 0.480 e. The third-order valence-electron chi connectivity index (χ3n) is 5.89. The monoisotopic (exact) mass is 426 g/mol. The molecule has 1 aromatic heterocycles. The van der Waals surface area contributed by atoms with E-state index in [9.17, 15) is 14.7 Å². The first kappa shape index (κ1) is 21.4. The normalized spacial score (nSPS) is 19.4. The smallest absolute Gasteiger partial charge is 0.407 e. The van der Waals surface area contributed by atoms with E-state index in [1.165, 1.54) is 5.56 Å². The van der Waals surface area contributed by atoms with Crippen LogP contribution >= 0.6 is 0 Å². The van der Waals surface area contributed by atoms with E-state index in [0.717, 1.165) is 29.9 Å². The molecule has 2 N–H and O–H groups in total. The van der Waals surface area contributed by atoms with E-state index in [0.29, 0.717) is 25.9 Å². The second-order valence-corrected chi connectivity index (χ2v) is 9.32. The summed E-state index contributed by atoms with van der Waals surface area (Å²) in [5.41, 5.74) is 3.77. The van der Waals surface area contributed by atoms with Gasteiger partial charge in [-0.15, -0.1) is 0 Å². The number of hydrogen-bond donors (Lipinski definition) is 2. The van der Waals surface area contributed by atoms with E-state index in [-0.39, 0.29) is 6.04 Å². The minimum absolute atomic E-state index is 0.125. The Kier molecular flexibility index (Phi) is 5.75. The lowest BCUT2D eigenvalue weighted by Gasteiger charge is -2.25. The molecule has 1 fully saturated rings. The third-order valence-corrected chi connectivity index (χ3v) is 5.89. The second kappa shape index (κ2) is 8.34. The number of imidazole rings is 1. The average molecular weight is 427 g/mol. The van der Waals surface area contributed by atoms with Gasteiger partial charge < -0.3 is 19.7 Å². The predicted molar refractivity (Wildman–Crippen MR) is 115 cm³/mol. The number of aliphatic carboxylic acids is 1. The number of para-hydroxylation sites is 1. The van der Waals surface area contributed by atoms with E-state index >= 15 is 0 Å². The fourth-order valence-corrected chi connectivity index (χ4v) is 4.48. The van der Waals surface area contributed by atoms with Crippen molar-refractivity contribution < 1.29 is 19.4 Å². The van der Waals surface area contributed by atoms with Crippen molar-refractivity contribution in [3.8, 4) is 5.69 Å². The zero-order valence-electron chi connectivity index (χ0n) is 18.3. The molecule has 1 saturated heterocycles. The van der Waals surface area contributed by atoms with E-state index < -0.39 is 23.7 Å². The number of hydrogen-bond acceptors (Lipinski definition) is 5. The van der Waals surface area contributed by atoms with Crippen LogP contribution in [0.3, 0.4) is 0 Å². The van der Waals surface area contributed by atoms with Crippen molar-refractivity contribution in [1.29, 1.82) is 0 Å². The van der Waals surface area contributed by atoms with Gasteiger partial charge in [-0.05, 0) is 51.7 Å². The van der Waals surface area contributed by atoms with E-state index in [2.05, 4.69) is 27.0 Å². The highest BCUT2D eigenvalue weighted by Gasteiger charge is 2.35. The van der Waals surface area contributed by atoms with Crippen molar-refractivity contribution in [2.45, 2.75) is 64.1 Å². The van der Waals surface area contributed by atoms with Gasteiger partial charge in [0.15, 0.2) is 0 Å². The number of likely N-dealkylation sites (tertiary alicyclic amines) is 1. The molecule has 31 heavy (non-hydrogen) atoms. The number of nitrogens with zero attached hydrogens (tertiary/aromatic N) is 3. The quantitative estimate of drug-likeness (QED) is 0.763. The summed E-state index contributed by atoms with van der Waals surface area (Å²) in [6.07, 6.45) is 4.16. The van der Waals surface area contributed by atoms with Gasteiger partial charge in [0.1, 0.15) is 11.6 Å². The molecule has 8 nitrogen and oxygen atoms in total. The highest BCUT2D eigenvalue weighted by atomic mass is 16.6. The molecular weight excluding hydrogens is 396 g/mol. The molecule has 2 aromatic rings. The van der Waals surface area contributed by atoms with Gasteiger partial charge in [-0.1, -0.05) is 18.2 Å². The summed E-state index contributed by atoms with van der Waals surface area (Å²) in [6, 6.07) is 7.44. The number of carboxylic acid groups (broad SMARTS) is 1. The molecule has 2 aliphatic heterocycles. The Balaban J connectivity index is 1.44. The predicted octanol–water partition coefficient (Wildman–Crippen LogP) is 2.57.